The molecule has 13 heavy (non-hydrogen) atoms. The van der Waals surface area contributed by atoms with Crippen LogP contribution in [0.1, 0.15) is 38.5 Å². The third-order valence-electron chi connectivity index (χ3n) is 3.21. The quantitative estimate of drug-likeness (QED) is 0.499. The van der Waals surface area contributed by atoms with Crippen LogP contribution in [0.3, 0.4) is 0 Å². The van der Waals surface area contributed by atoms with Crippen molar-refractivity contribution >= 4 is 22.6 Å². The Hall–Kier alpha value is 0.210. The van der Waals surface area contributed by atoms with E-state index in [9.17, 15) is 0 Å². The van der Waals surface area contributed by atoms with Gasteiger partial charge in [0, 0.05) is 3.92 Å². The second kappa shape index (κ2) is 4.63. The van der Waals surface area contributed by atoms with Gasteiger partial charge in [-0.3, -0.25) is 0 Å². The number of rotatable bonds is 1. The van der Waals surface area contributed by atoms with E-state index < -0.39 is 0 Å². The number of allylic oxidation sites excluding steroid dienone is 4. The van der Waals surface area contributed by atoms with Crippen molar-refractivity contribution in [1.82, 2.24) is 0 Å². The van der Waals surface area contributed by atoms with E-state index in [-0.39, 0.29) is 0 Å². The number of hydrogen-bond acceptors (Lipinski definition) is 0. The van der Waals surface area contributed by atoms with E-state index in [0.717, 1.165) is 9.84 Å². The molecule has 0 aromatic heterocycles. The van der Waals surface area contributed by atoms with Gasteiger partial charge in [0.1, 0.15) is 0 Å². The van der Waals surface area contributed by atoms with E-state index in [1.807, 2.05) is 0 Å². The molecule has 0 nitrogen and oxygen atoms in total. The van der Waals surface area contributed by atoms with Crippen molar-refractivity contribution in [3.05, 3.63) is 23.8 Å². The Morgan fingerprint density at radius 3 is 2.62 bits per heavy atom. The van der Waals surface area contributed by atoms with Gasteiger partial charge in [-0.25, -0.2) is 0 Å². The van der Waals surface area contributed by atoms with E-state index in [1.165, 1.54) is 38.5 Å². The normalized spacial score (nSPS) is 30.2. The smallest absolute Gasteiger partial charge is 0.0359 e. The lowest BCUT2D eigenvalue weighted by Gasteiger charge is -2.28. The van der Waals surface area contributed by atoms with Crippen molar-refractivity contribution in [2.45, 2.75) is 42.4 Å². The Bertz CT molecular complexity index is 221. The predicted molar refractivity (Wildman–Crippen MR) is 66.2 cm³/mol. The Balaban J connectivity index is 2.04. The average molecular weight is 288 g/mol. The van der Waals surface area contributed by atoms with Crippen molar-refractivity contribution in [2.75, 3.05) is 0 Å². The van der Waals surface area contributed by atoms with Gasteiger partial charge in [-0.2, -0.15) is 0 Å². The van der Waals surface area contributed by atoms with E-state index in [2.05, 4.69) is 40.8 Å². The fourth-order valence-electron chi connectivity index (χ4n) is 2.45. The first-order chi connectivity index (χ1) is 6.38. The summed E-state index contributed by atoms with van der Waals surface area (Å²) in [6.45, 7) is 0. The molecular weight excluding hydrogens is 271 g/mol. The summed E-state index contributed by atoms with van der Waals surface area (Å²) in [5.41, 5.74) is 1.72. The third-order valence-corrected chi connectivity index (χ3v) is 4.43. The van der Waals surface area contributed by atoms with Crippen LogP contribution in [0.25, 0.3) is 0 Å². The van der Waals surface area contributed by atoms with Crippen molar-refractivity contribution in [3.8, 4) is 0 Å². The van der Waals surface area contributed by atoms with Gasteiger partial charge in [0.25, 0.3) is 0 Å². The first-order valence-electron chi connectivity index (χ1n) is 5.38. The van der Waals surface area contributed by atoms with Gasteiger partial charge < -0.3 is 0 Å². The second-order valence-corrected chi connectivity index (χ2v) is 5.64. The molecule has 0 amide bonds. The summed E-state index contributed by atoms with van der Waals surface area (Å²) in [6, 6.07) is 0. The highest BCUT2D eigenvalue weighted by Crippen LogP contribution is 2.36. The maximum absolute atomic E-state index is 2.60. The number of halogens is 1. The Kier molecular flexibility index (Phi) is 3.47. The van der Waals surface area contributed by atoms with Gasteiger partial charge in [-0.05, 0) is 25.2 Å². The van der Waals surface area contributed by atoms with Gasteiger partial charge in [-0.1, -0.05) is 65.7 Å². The number of alkyl halides is 1. The lowest BCUT2D eigenvalue weighted by atomic mass is 9.81. The minimum atomic E-state index is 0.783. The van der Waals surface area contributed by atoms with Crippen molar-refractivity contribution < 1.29 is 0 Å². The molecule has 1 heteroatoms. The maximum Gasteiger partial charge on any atom is 0.0359 e. The van der Waals surface area contributed by atoms with Gasteiger partial charge in [0.15, 0.2) is 0 Å². The predicted octanol–water partition coefficient (Wildman–Crippen LogP) is 4.26. The Morgan fingerprint density at radius 1 is 1.15 bits per heavy atom. The SMILES string of the molecule is IC1CC=CC=C1C1CCCCC1. The first-order valence-corrected chi connectivity index (χ1v) is 6.63. The Labute approximate surface area is 94.6 Å². The summed E-state index contributed by atoms with van der Waals surface area (Å²) in [6.07, 6.45) is 15.4. The zero-order valence-electron chi connectivity index (χ0n) is 8.01. The average Bonchev–Trinajstić information content (AvgIpc) is 2.20. The lowest BCUT2D eigenvalue weighted by Crippen LogP contribution is -2.17. The van der Waals surface area contributed by atoms with Crippen LogP contribution in [-0.2, 0) is 0 Å². The van der Waals surface area contributed by atoms with Crippen LogP contribution < -0.4 is 0 Å². The van der Waals surface area contributed by atoms with E-state index in [1.54, 1.807) is 5.57 Å². The molecule has 0 aromatic rings. The molecule has 2 aliphatic rings. The summed E-state index contributed by atoms with van der Waals surface area (Å²) in [7, 11) is 0. The van der Waals surface area contributed by atoms with E-state index in [4.69, 9.17) is 0 Å². The highest BCUT2D eigenvalue weighted by molar-refractivity contribution is 14.1. The van der Waals surface area contributed by atoms with Gasteiger partial charge in [0.05, 0.1) is 0 Å². The molecule has 1 atom stereocenters. The molecule has 1 fully saturated rings. The zero-order chi connectivity index (χ0) is 9.10. The van der Waals surface area contributed by atoms with Crippen molar-refractivity contribution in [1.29, 1.82) is 0 Å². The van der Waals surface area contributed by atoms with Gasteiger partial charge in [0.2, 0.25) is 0 Å². The molecule has 0 spiro atoms. The fourth-order valence-corrected chi connectivity index (χ4v) is 3.46. The highest BCUT2D eigenvalue weighted by atomic mass is 127. The van der Waals surface area contributed by atoms with Crippen LogP contribution in [-0.4, -0.2) is 3.92 Å². The molecule has 72 valence electrons. The highest BCUT2D eigenvalue weighted by Gasteiger charge is 2.22. The van der Waals surface area contributed by atoms with Crippen LogP contribution in [0, 0.1) is 5.92 Å². The molecule has 0 aliphatic heterocycles. The summed E-state index contributed by atoms with van der Waals surface area (Å²) >= 11 is 2.60. The topological polar surface area (TPSA) is 0 Å². The minimum Gasteiger partial charge on any atom is -0.0832 e. The summed E-state index contributed by atoms with van der Waals surface area (Å²) < 4.78 is 0.783. The summed E-state index contributed by atoms with van der Waals surface area (Å²) in [4.78, 5) is 0. The van der Waals surface area contributed by atoms with Crippen molar-refractivity contribution in [2.24, 2.45) is 5.92 Å². The van der Waals surface area contributed by atoms with Crippen LogP contribution in [0.15, 0.2) is 23.8 Å². The van der Waals surface area contributed by atoms with Crippen LogP contribution in [0.5, 0.6) is 0 Å². The van der Waals surface area contributed by atoms with E-state index in [0.29, 0.717) is 0 Å². The fraction of sp³-hybridized carbons (Fsp3) is 0.667. The molecule has 2 aliphatic carbocycles. The van der Waals surface area contributed by atoms with Crippen LogP contribution >= 0.6 is 22.6 Å². The molecule has 0 saturated heterocycles. The second-order valence-electron chi connectivity index (χ2n) is 4.13. The van der Waals surface area contributed by atoms with Crippen LogP contribution in [0.2, 0.25) is 0 Å². The zero-order valence-corrected chi connectivity index (χ0v) is 10.2. The van der Waals surface area contributed by atoms with Gasteiger partial charge >= 0.3 is 0 Å². The third kappa shape index (κ3) is 2.36. The standard InChI is InChI=1S/C12H17I/c13-12-9-5-4-8-11(12)10-6-2-1-3-7-10/h4-5,8,10,12H,1-3,6-7,9H2. The van der Waals surface area contributed by atoms with E-state index >= 15 is 0 Å². The Morgan fingerprint density at radius 2 is 1.92 bits per heavy atom. The van der Waals surface area contributed by atoms with Crippen molar-refractivity contribution in [3.63, 3.8) is 0 Å². The van der Waals surface area contributed by atoms with Crippen LogP contribution in [0.4, 0.5) is 0 Å². The maximum atomic E-state index is 2.60. The molecule has 0 heterocycles. The monoisotopic (exact) mass is 288 g/mol. The molecule has 1 unspecified atom stereocenters. The molecule has 0 radical (unpaired) electrons. The molecule has 0 bridgehead atoms. The first kappa shape index (κ1) is 9.75. The summed E-state index contributed by atoms with van der Waals surface area (Å²) in [5, 5.41) is 0. The molecule has 0 N–H and O–H groups in total. The molecule has 1 saturated carbocycles. The molecule has 0 aromatic carbocycles. The molecular formula is C12H17I. The largest absolute Gasteiger partial charge is 0.0832 e. The summed E-state index contributed by atoms with van der Waals surface area (Å²) in [5.74, 6) is 0.917. The lowest BCUT2D eigenvalue weighted by molar-refractivity contribution is 0.397. The van der Waals surface area contributed by atoms with Gasteiger partial charge in [-0.15, -0.1) is 0 Å². The minimum absolute atomic E-state index is 0.783. The molecule has 2 rings (SSSR count). The number of hydrogen-bond donors (Lipinski definition) is 0.